The number of benzene rings is 2. The molecule has 0 N–H and O–H groups in total. The van der Waals surface area contributed by atoms with Crippen molar-refractivity contribution in [1.29, 1.82) is 0 Å². The van der Waals surface area contributed by atoms with Crippen LogP contribution in [0.5, 0.6) is 0 Å². The van der Waals surface area contributed by atoms with E-state index in [9.17, 15) is 0 Å². The highest BCUT2D eigenvalue weighted by atomic mass is 14.4. The maximum absolute atomic E-state index is 2.39. The van der Waals surface area contributed by atoms with Crippen molar-refractivity contribution in [1.82, 2.24) is 0 Å². The first-order valence-corrected chi connectivity index (χ1v) is 7.07. The second kappa shape index (κ2) is 3.72. The van der Waals surface area contributed by atoms with Gasteiger partial charge in [-0.15, -0.1) is 0 Å². The van der Waals surface area contributed by atoms with Gasteiger partial charge in [0.25, 0.3) is 0 Å². The first kappa shape index (κ1) is 12.5. The van der Waals surface area contributed by atoms with E-state index in [0.29, 0.717) is 0 Å². The average Bonchev–Trinajstić information content (AvgIpc) is 2.58. The zero-order valence-electron chi connectivity index (χ0n) is 12.5. The molecule has 0 aromatic heterocycles. The summed E-state index contributed by atoms with van der Waals surface area (Å²) in [7, 11) is 0. The van der Waals surface area contributed by atoms with E-state index in [1.165, 1.54) is 27.8 Å². The van der Waals surface area contributed by atoms with E-state index < -0.39 is 0 Å². The zero-order valence-corrected chi connectivity index (χ0v) is 12.5. The Morgan fingerprint density at radius 1 is 0.789 bits per heavy atom. The lowest BCUT2D eigenvalue weighted by atomic mass is 9.80. The van der Waals surface area contributed by atoms with Crippen molar-refractivity contribution in [2.24, 2.45) is 0 Å². The Kier molecular flexibility index (Phi) is 2.44. The van der Waals surface area contributed by atoms with Crippen LogP contribution in [0, 0.1) is 0 Å². The van der Waals surface area contributed by atoms with Crippen LogP contribution < -0.4 is 0 Å². The Balaban J connectivity index is 2.29. The minimum absolute atomic E-state index is 0.127. The molecule has 0 saturated heterocycles. The fourth-order valence-electron chi connectivity index (χ4n) is 3.19. The number of rotatable bonds is 0. The summed E-state index contributed by atoms with van der Waals surface area (Å²) < 4.78 is 0. The van der Waals surface area contributed by atoms with Crippen molar-refractivity contribution in [3.8, 4) is 11.1 Å². The van der Waals surface area contributed by atoms with Crippen LogP contribution in [0.4, 0.5) is 0 Å². The summed E-state index contributed by atoms with van der Waals surface area (Å²) in [5.41, 5.74) is 7.50. The molecule has 0 heterocycles. The van der Waals surface area contributed by atoms with Crippen LogP contribution in [-0.2, 0) is 10.8 Å². The SMILES string of the molecule is CC(C)(C)c1ccc2c(c1)-c1ccccc1C2(C)C. The smallest absolute Gasteiger partial charge is 0.0158 e. The van der Waals surface area contributed by atoms with Crippen molar-refractivity contribution in [3.05, 3.63) is 59.2 Å². The van der Waals surface area contributed by atoms with E-state index >= 15 is 0 Å². The summed E-state index contributed by atoms with van der Waals surface area (Å²) >= 11 is 0. The molecule has 0 amide bonds. The van der Waals surface area contributed by atoms with E-state index in [0.717, 1.165) is 0 Å². The van der Waals surface area contributed by atoms with Gasteiger partial charge in [-0.05, 0) is 33.2 Å². The van der Waals surface area contributed by atoms with Gasteiger partial charge in [-0.3, -0.25) is 0 Å². The van der Waals surface area contributed by atoms with Crippen molar-refractivity contribution >= 4 is 0 Å². The number of hydrogen-bond donors (Lipinski definition) is 0. The fraction of sp³-hybridized carbons (Fsp3) is 0.368. The van der Waals surface area contributed by atoms with Gasteiger partial charge >= 0.3 is 0 Å². The molecule has 0 fully saturated rings. The highest BCUT2D eigenvalue weighted by molar-refractivity contribution is 5.81. The van der Waals surface area contributed by atoms with Gasteiger partial charge in [-0.25, -0.2) is 0 Å². The summed E-state index contributed by atoms with van der Waals surface area (Å²) in [6.07, 6.45) is 0. The summed E-state index contributed by atoms with van der Waals surface area (Å²) in [4.78, 5) is 0. The third-order valence-electron chi connectivity index (χ3n) is 4.45. The summed E-state index contributed by atoms with van der Waals surface area (Å²) in [6, 6.07) is 15.8. The largest absolute Gasteiger partial charge is 0.0619 e. The van der Waals surface area contributed by atoms with E-state index in [1.54, 1.807) is 0 Å². The molecule has 1 aliphatic carbocycles. The second-order valence-corrected chi connectivity index (χ2v) is 7.18. The molecule has 0 saturated carbocycles. The van der Waals surface area contributed by atoms with Gasteiger partial charge in [0.1, 0.15) is 0 Å². The van der Waals surface area contributed by atoms with Crippen molar-refractivity contribution < 1.29 is 0 Å². The molecule has 1 aliphatic rings. The Bertz CT molecular complexity index is 639. The third-order valence-corrected chi connectivity index (χ3v) is 4.45. The van der Waals surface area contributed by atoms with Crippen molar-refractivity contribution in [2.45, 2.75) is 45.4 Å². The monoisotopic (exact) mass is 250 g/mol. The summed E-state index contributed by atoms with van der Waals surface area (Å²) in [5, 5.41) is 0. The van der Waals surface area contributed by atoms with Gasteiger partial charge in [0, 0.05) is 5.41 Å². The number of fused-ring (bicyclic) bond motifs is 3. The van der Waals surface area contributed by atoms with E-state index in [-0.39, 0.29) is 10.8 Å². The molecule has 98 valence electrons. The molecule has 2 aromatic rings. The van der Waals surface area contributed by atoms with E-state index in [1.807, 2.05) is 0 Å². The van der Waals surface area contributed by atoms with Crippen LogP contribution in [0.2, 0.25) is 0 Å². The van der Waals surface area contributed by atoms with Gasteiger partial charge in [-0.2, -0.15) is 0 Å². The summed E-state index contributed by atoms with van der Waals surface area (Å²) in [5.74, 6) is 0. The molecule has 19 heavy (non-hydrogen) atoms. The van der Waals surface area contributed by atoms with Crippen LogP contribution in [0.1, 0.15) is 51.3 Å². The lowest BCUT2D eigenvalue weighted by Crippen LogP contribution is -2.16. The van der Waals surface area contributed by atoms with Crippen LogP contribution in [0.25, 0.3) is 11.1 Å². The molecule has 0 atom stereocenters. The lowest BCUT2D eigenvalue weighted by molar-refractivity contribution is 0.589. The standard InChI is InChI=1S/C19H22/c1-18(2,3)13-10-11-17-15(12-13)14-8-6-7-9-16(14)19(17,4)5/h6-12H,1-5H3. The Hall–Kier alpha value is -1.56. The van der Waals surface area contributed by atoms with Crippen molar-refractivity contribution in [2.75, 3.05) is 0 Å². The lowest BCUT2D eigenvalue weighted by Gasteiger charge is -2.23. The van der Waals surface area contributed by atoms with Gasteiger partial charge in [0.2, 0.25) is 0 Å². The molecule has 0 bridgehead atoms. The van der Waals surface area contributed by atoms with Gasteiger partial charge < -0.3 is 0 Å². The molecule has 0 spiro atoms. The molecule has 0 nitrogen and oxygen atoms in total. The molecule has 0 radical (unpaired) electrons. The topological polar surface area (TPSA) is 0 Å². The highest BCUT2D eigenvalue weighted by Crippen LogP contribution is 2.49. The minimum Gasteiger partial charge on any atom is -0.0619 e. The first-order valence-electron chi connectivity index (χ1n) is 7.07. The van der Waals surface area contributed by atoms with Crippen LogP contribution in [-0.4, -0.2) is 0 Å². The van der Waals surface area contributed by atoms with Crippen LogP contribution in [0.15, 0.2) is 42.5 Å². The molecule has 0 heteroatoms. The predicted octanol–water partition coefficient (Wildman–Crippen LogP) is 5.29. The van der Waals surface area contributed by atoms with E-state index in [2.05, 4.69) is 77.1 Å². The summed E-state index contributed by atoms with van der Waals surface area (Å²) in [6.45, 7) is 11.5. The molecular formula is C19H22. The maximum atomic E-state index is 2.39. The second-order valence-electron chi connectivity index (χ2n) is 7.18. The van der Waals surface area contributed by atoms with Gasteiger partial charge in [0.15, 0.2) is 0 Å². The molecule has 2 aromatic carbocycles. The predicted molar refractivity (Wildman–Crippen MR) is 82.7 cm³/mol. The molecule has 3 rings (SSSR count). The highest BCUT2D eigenvalue weighted by Gasteiger charge is 2.35. The Labute approximate surface area is 116 Å². The fourth-order valence-corrected chi connectivity index (χ4v) is 3.19. The van der Waals surface area contributed by atoms with Crippen LogP contribution in [0.3, 0.4) is 0 Å². The van der Waals surface area contributed by atoms with Crippen LogP contribution >= 0.6 is 0 Å². The first-order chi connectivity index (χ1) is 8.82. The normalized spacial score (nSPS) is 16.1. The third kappa shape index (κ3) is 1.74. The van der Waals surface area contributed by atoms with Gasteiger partial charge in [-0.1, -0.05) is 77.1 Å². The van der Waals surface area contributed by atoms with Gasteiger partial charge in [0.05, 0.1) is 0 Å². The quantitative estimate of drug-likeness (QED) is 0.596. The Morgan fingerprint density at radius 3 is 2.11 bits per heavy atom. The molecule has 0 unspecified atom stereocenters. The molecular weight excluding hydrogens is 228 g/mol. The zero-order chi connectivity index (χ0) is 13.8. The maximum Gasteiger partial charge on any atom is 0.0158 e. The molecule has 0 aliphatic heterocycles. The average molecular weight is 250 g/mol. The van der Waals surface area contributed by atoms with E-state index in [4.69, 9.17) is 0 Å². The Morgan fingerprint density at radius 2 is 1.42 bits per heavy atom. The minimum atomic E-state index is 0.127. The number of hydrogen-bond acceptors (Lipinski definition) is 0. The van der Waals surface area contributed by atoms with Crippen molar-refractivity contribution in [3.63, 3.8) is 0 Å².